The summed E-state index contributed by atoms with van der Waals surface area (Å²) in [6, 6.07) is 15.4. The number of rotatable bonds is 5. The van der Waals surface area contributed by atoms with E-state index < -0.39 is 0 Å². The fourth-order valence-corrected chi connectivity index (χ4v) is 2.46. The molecule has 0 aliphatic heterocycles. The van der Waals surface area contributed by atoms with E-state index in [1.54, 1.807) is 36.4 Å². The first kappa shape index (κ1) is 18.0. The standard InChI is InChI=1S/C20H15FN4O2/c21-17-7-5-15(6-8-17)18-11-19(26)25(13-24-18)10-9-23-20(27)16-3-1-14(12-22)2-4-16/h1-8,11,13H,9-10H2,(H,23,27). The minimum Gasteiger partial charge on any atom is -0.350 e. The van der Waals surface area contributed by atoms with Gasteiger partial charge in [-0.1, -0.05) is 0 Å². The third-order valence-corrected chi connectivity index (χ3v) is 3.93. The summed E-state index contributed by atoms with van der Waals surface area (Å²) in [6.45, 7) is 0.508. The number of benzene rings is 2. The van der Waals surface area contributed by atoms with Gasteiger partial charge < -0.3 is 5.32 Å². The zero-order valence-corrected chi connectivity index (χ0v) is 14.2. The molecule has 1 amide bonds. The molecule has 3 aromatic rings. The van der Waals surface area contributed by atoms with Crippen molar-refractivity contribution in [1.82, 2.24) is 14.9 Å². The van der Waals surface area contributed by atoms with Crippen LogP contribution in [0.5, 0.6) is 0 Å². The van der Waals surface area contributed by atoms with Gasteiger partial charge in [0.1, 0.15) is 5.82 Å². The number of hydrogen-bond donors (Lipinski definition) is 1. The first-order valence-corrected chi connectivity index (χ1v) is 8.17. The van der Waals surface area contributed by atoms with Gasteiger partial charge in [0.05, 0.1) is 23.7 Å². The van der Waals surface area contributed by atoms with Crippen LogP contribution in [0.25, 0.3) is 11.3 Å². The molecule has 0 saturated carbocycles. The lowest BCUT2D eigenvalue weighted by atomic mass is 10.1. The third-order valence-electron chi connectivity index (χ3n) is 3.93. The number of nitriles is 1. The number of hydrogen-bond acceptors (Lipinski definition) is 4. The van der Waals surface area contributed by atoms with Crippen molar-refractivity contribution < 1.29 is 9.18 Å². The number of carbonyl (C=O) groups excluding carboxylic acids is 1. The fraction of sp³-hybridized carbons (Fsp3) is 0.100. The predicted octanol–water partition coefficient (Wildman–Crippen LogP) is 2.35. The molecule has 1 N–H and O–H groups in total. The number of nitrogens with zero attached hydrogens (tertiary/aromatic N) is 3. The van der Waals surface area contributed by atoms with Gasteiger partial charge in [0.25, 0.3) is 11.5 Å². The number of amides is 1. The molecular weight excluding hydrogens is 347 g/mol. The molecule has 0 aliphatic rings. The molecule has 0 atom stereocenters. The number of nitrogens with one attached hydrogen (secondary N) is 1. The summed E-state index contributed by atoms with van der Waals surface area (Å²) < 4.78 is 14.4. The summed E-state index contributed by atoms with van der Waals surface area (Å²) in [4.78, 5) is 28.5. The average Bonchev–Trinajstić information content (AvgIpc) is 2.69. The summed E-state index contributed by atoms with van der Waals surface area (Å²) in [5.41, 5.74) is 1.75. The second-order valence-corrected chi connectivity index (χ2v) is 5.76. The van der Waals surface area contributed by atoms with Crippen LogP contribution >= 0.6 is 0 Å². The Labute approximate surface area is 154 Å². The van der Waals surface area contributed by atoms with E-state index in [4.69, 9.17) is 5.26 Å². The molecule has 7 heteroatoms. The van der Waals surface area contributed by atoms with Crippen LogP contribution in [-0.2, 0) is 6.54 Å². The van der Waals surface area contributed by atoms with Crippen LogP contribution < -0.4 is 10.9 Å². The highest BCUT2D eigenvalue weighted by atomic mass is 19.1. The lowest BCUT2D eigenvalue weighted by Gasteiger charge is -2.08. The van der Waals surface area contributed by atoms with Crippen molar-refractivity contribution in [3.05, 3.63) is 88.2 Å². The van der Waals surface area contributed by atoms with Crippen molar-refractivity contribution in [2.24, 2.45) is 0 Å². The van der Waals surface area contributed by atoms with Crippen molar-refractivity contribution in [2.75, 3.05) is 6.54 Å². The molecular formula is C20H15FN4O2. The summed E-state index contributed by atoms with van der Waals surface area (Å²) in [7, 11) is 0. The van der Waals surface area contributed by atoms with Crippen molar-refractivity contribution in [3.63, 3.8) is 0 Å². The van der Waals surface area contributed by atoms with Gasteiger partial charge in [0, 0.05) is 30.3 Å². The average molecular weight is 362 g/mol. The zero-order valence-electron chi connectivity index (χ0n) is 14.2. The Bertz CT molecular complexity index is 1050. The highest BCUT2D eigenvalue weighted by Crippen LogP contribution is 2.14. The van der Waals surface area contributed by atoms with Crippen LogP contribution in [-0.4, -0.2) is 22.0 Å². The van der Waals surface area contributed by atoms with Gasteiger partial charge in [-0.2, -0.15) is 5.26 Å². The predicted molar refractivity (Wildman–Crippen MR) is 97.4 cm³/mol. The van der Waals surface area contributed by atoms with Crippen molar-refractivity contribution >= 4 is 5.91 Å². The van der Waals surface area contributed by atoms with Crippen LogP contribution in [0.15, 0.2) is 65.7 Å². The monoisotopic (exact) mass is 362 g/mol. The van der Waals surface area contributed by atoms with Crippen LogP contribution in [0.3, 0.4) is 0 Å². The van der Waals surface area contributed by atoms with Crippen molar-refractivity contribution in [3.8, 4) is 17.3 Å². The van der Waals surface area contributed by atoms with Gasteiger partial charge in [0.15, 0.2) is 0 Å². The summed E-state index contributed by atoms with van der Waals surface area (Å²) in [6.07, 6.45) is 1.40. The highest BCUT2D eigenvalue weighted by molar-refractivity contribution is 5.94. The molecule has 1 heterocycles. The largest absolute Gasteiger partial charge is 0.350 e. The number of aromatic nitrogens is 2. The van der Waals surface area contributed by atoms with Crippen LogP contribution in [0, 0.1) is 17.1 Å². The number of carbonyl (C=O) groups is 1. The van der Waals surface area contributed by atoms with Crippen molar-refractivity contribution in [2.45, 2.75) is 6.54 Å². The molecule has 1 aromatic heterocycles. The van der Waals surface area contributed by atoms with E-state index in [0.29, 0.717) is 22.4 Å². The van der Waals surface area contributed by atoms with Crippen LogP contribution in [0.4, 0.5) is 4.39 Å². The summed E-state index contributed by atoms with van der Waals surface area (Å²) in [5.74, 6) is -0.645. The van der Waals surface area contributed by atoms with Crippen molar-refractivity contribution in [1.29, 1.82) is 5.26 Å². The Morgan fingerprint density at radius 3 is 2.48 bits per heavy atom. The second kappa shape index (κ2) is 8.06. The fourth-order valence-electron chi connectivity index (χ4n) is 2.46. The SMILES string of the molecule is N#Cc1ccc(C(=O)NCCn2cnc(-c3ccc(F)cc3)cc2=O)cc1. The summed E-state index contributed by atoms with van der Waals surface area (Å²) in [5, 5.41) is 11.5. The Hall–Kier alpha value is -3.79. The molecule has 0 saturated heterocycles. The lowest BCUT2D eigenvalue weighted by molar-refractivity contribution is 0.0952. The summed E-state index contributed by atoms with van der Waals surface area (Å²) >= 11 is 0. The molecule has 27 heavy (non-hydrogen) atoms. The molecule has 0 aliphatic carbocycles. The maximum atomic E-state index is 13.0. The van der Waals surface area contributed by atoms with Gasteiger partial charge in [-0.15, -0.1) is 0 Å². The van der Waals surface area contributed by atoms with Crippen LogP contribution in [0.2, 0.25) is 0 Å². The van der Waals surface area contributed by atoms with E-state index in [1.165, 1.54) is 29.1 Å². The maximum Gasteiger partial charge on any atom is 0.253 e. The molecule has 0 radical (unpaired) electrons. The first-order chi connectivity index (χ1) is 13.1. The molecule has 0 bridgehead atoms. The molecule has 0 fully saturated rings. The second-order valence-electron chi connectivity index (χ2n) is 5.76. The Balaban J connectivity index is 1.61. The molecule has 6 nitrogen and oxygen atoms in total. The third kappa shape index (κ3) is 4.44. The van der Waals surface area contributed by atoms with Gasteiger partial charge in [-0.05, 0) is 48.5 Å². The van der Waals surface area contributed by atoms with Crippen LogP contribution in [0.1, 0.15) is 15.9 Å². The van der Waals surface area contributed by atoms with Gasteiger partial charge in [-0.3, -0.25) is 14.2 Å². The minimum atomic E-state index is -0.356. The normalized spacial score (nSPS) is 10.2. The topological polar surface area (TPSA) is 87.8 Å². The highest BCUT2D eigenvalue weighted by Gasteiger charge is 2.06. The Kier molecular flexibility index (Phi) is 5.38. The van der Waals surface area contributed by atoms with Gasteiger partial charge in [0.2, 0.25) is 0 Å². The zero-order chi connectivity index (χ0) is 19.2. The van der Waals surface area contributed by atoms with E-state index in [-0.39, 0.29) is 30.4 Å². The maximum absolute atomic E-state index is 13.0. The van der Waals surface area contributed by atoms with Gasteiger partial charge >= 0.3 is 0 Å². The number of halogens is 1. The minimum absolute atomic E-state index is 0.246. The molecule has 0 unspecified atom stereocenters. The molecule has 134 valence electrons. The molecule has 3 rings (SSSR count). The smallest absolute Gasteiger partial charge is 0.253 e. The Morgan fingerprint density at radius 1 is 1.15 bits per heavy atom. The first-order valence-electron chi connectivity index (χ1n) is 8.17. The quantitative estimate of drug-likeness (QED) is 0.755. The van der Waals surface area contributed by atoms with E-state index >= 15 is 0 Å². The lowest BCUT2D eigenvalue weighted by Crippen LogP contribution is -2.30. The van der Waals surface area contributed by atoms with Gasteiger partial charge in [-0.25, -0.2) is 9.37 Å². The molecule has 2 aromatic carbocycles. The molecule has 0 spiro atoms. The van der Waals surface area contributed by atoms with E-state index in [9.17, 15) is 14.0 Å². The van der Waals surface area contributed by atoms with E-state index in [0.717, 1.165) is 0 Å². The van der Waals surface area contributed by atoms with E-state index in [2.05, 4.69) is 10.3 Å². The van der Waals surface area contributed by atoms with E-state index in [1.807, 2.05) is 6.07 Å². The Morgan fingerprint density at radius 2 is 1.85 bits per heavy atom.